The number of hydrogen-bond acceptors (Lipinski definition) is 5. The summed E-state index contributed by atoms with van der Waals surface area (Å²) in [5, 5.41) is 10.3. The topological polar surface area (TPSA) is 64.3 Å². The number of benzene rings is 1. The largest absolute Gasteiger partial charge is 0.383 e. The predicted molar refractivity (Wildman–Crippen MR) is 122 cm³/mol. The van der Waals surface area contributed by atoms with E-state index in [1.54, 1.807) is 0 Å². The third kappa shape index (κ3) is 5.98. The maximum atomic E-state index is 13.1. The molecule has 10 heteroatoms. The van der Waals surface area contributed by atoms with Crippen molar-refractivity contribution in [1.82, 2.24) is 15.1 Å². The molecule has 162 valence electrons. The maximum absolute atomic E-state index is 13.1. The van der Waals surface area contributed by atoms with Crippen molar-refractivity contribution in [2.75, 3.05) is 49.5 Å². The number of anilines is 2. The molecule has 1 saturated heterocycles. The molecule has 1 aromatic heterocycles. The van der Waals surface area contributed by atoms with Gasteiger partial charge in [-0.2, -0.15) is 5.10 Å². The Labute approximate surface area is 188 Å². The number of halogens is 4. The van der Waals surface area contributed by atoms with Crippen LogP contribution >= 0.6 is 37.2 Å². The molecular weight excluding hydrogens is 440 g/mol. The summed E-state index contributed by atoms with van der Waals surface area (Å²) in [6, 6.07) is 6.71. The Morgan fingerprint density at radius 1 is 1.03 bits per heavy atom. The van der Waals surface area contributed by atoms with Crippen LogP contribution in [-0.4, -0.2) is 54.4 Å². The van der Waals surface area contributed by atoms with Gasteiger partial charge in [-0.3, -0.25) is 9.69 Å². The van der Waals surface area contributed by atoms with Crippen LogP contribution < -0.4 is 15.8 Å². The summed E-state index contributed by atoms with van der Waals surface area (Å²) >= 11 is 0. The van der Waals surface area contributed by atoms with Crippen molar-refractivity contribution in [3.63, 3.8) is 0 Å². The molecule has 2 aliphatic rings. The molecule has 2 aromatic rings. The summed E-state index contributed by atoms with van der Waals surface area (Å²) in [7, 11) is 0. The van der Waals surface area contributed by atoms with E-state index in [-0.39, 0.29) is 48.6 Å². The molecule has 0 atom stereocenters. The summed E-state index contributed by atoms with van der Waals surface area (Å²) in [6.45, 7) is 5.63. The van der Waals surface area contributed by atoms with E-state index in [0.29, 0.717) is 0 Å². The number of rotatable bonds is 4. The van der Waals surface area contributed by atoms with Crippen LogP contribution in [0.5, 0.6) is 0 Å². The van der Waals surface area contributed by atoms with E-state index in [1.165, 1.54) is 12.1 Å². The van der Waals surface area contributed by atoms with Crippen LogP contribution in [-0.2, 0) is 12.8 Å². The van der Waals surface area contributed by atoms with Gasteiger partial charge < -0.3 is 10.2 Å². The molecule has 0 saturated carbocycles. The van der Waals surface area contributed by atoms with Gasteiger partial charge in [-0.1, -0.05) is 0 Å². The second-order valence-electron chi connectivity index (χ2n) is 6.94. The first kappa shape index (κ1) is 25.5. The molecule has 2 N–H and O–H groups in total. The lowest BCUT2D eigenvalue weighted by atomic mass is 10.0. The van der Waals surface area contributed by atoms with Gasteiger partial charge in [0.25, 0.3) is 5.56 Å². The normalized spacial score (nSPS) is 15.8. The van der Waals surface area contributed by atoms with Gasteiger partial charge in [-0.15, -0.1) is 37.2 Å². The van der Waals surface area contributed by atoms with E-state index in [9.17, 15) is 9.18 Å². The first-order chi connectivity index (χ1) is 12.7. The lowest BCUT2D eigenvalue weighted by molar-refractivity contribution is 0.260. The molecular formula is C19H27Cl3FN5O. The molecule has 1 aromatic carbocycles. The van der Waals surface area contributed by atoms with E-state index < -0.39 is 0 Å². The molecule has 0 spiro atoms. The number of aromatic nitrogens is 2. The fraction of sp³-hybridized carbons (Fsp3) is 0.474. The molecule has 0 bridgehead atoms. The highest BCUT2D eigenvalue weighted by atomic mass is 35.5. The SMILES string of the molecule is Cl.Cl.Cl.O=c1[nH]nc(CCN2CCN(c3ccc(F)cc3)CC2)c2c1CCCN2. The van der Waals surface area contributed by atoms with Crippen molar-refractivity contribution < 1.29 is 4.39 Å². The van der Waals surface area contributed by atoms with Crippen LogP contribution in [0.3, 0.4) is 0 Å². The third-order valence-electron chi connectivity index (χ3n) is 5.29. The predicted octanol–water partition coefficient (Wildman–Crippen LogP) is 2.90. The number of hydrogen-bond donors (Lipinski definition) is 2. The molecule has 0 unspecified atom stereocenters. The van der Waals surface area contributed by atoms with Crippen LogP contribution in [0.15, 0.2) is 29.1 Å². The maximum Gasteiger partial charge on any atom is 0.269 e. The first-order valence-electron chi connectivity index (χ1n) is 9.28. The lowest BCUT2D eigenvalue weighted by Gasteiger charge is -2.36. The van der Waals surface area contributed by atoms with Crippen molar-refractivity contribution >= 4 is 48.6 Å². The Balaban J connectivity index is 0.00000140. The quantitative estimate of drug-likeness (QED) is 0.725. The van der Waals surface area contributed by atoms with Crippen LogP contribution in [0, 0.1) is 5.82 Å². The van der Waals surface area contributed by atoms with Crippen molar-refractivity contribution in [2.45, 2.75) is 19.3 Å². The zero-order valence-corrected chi connectivity index (χ0v) is 18.5. The monoisotopic (exact) mass is 465 g/mol. The van der Waals surface area contributed by atoms with Gasteiger partial charge in [0, 0.05) is 56.9 Å². The van der Waals surface area contributed by atoms with Crippen molar-refractivity contribution in [3.8, 4) is 0 Å². The minimum atomic E-state index is -0.197. The highest BCUT2D eigenvalue weighted by molar-refractivity contribution is 5.86. The number of nitrogens with one attached hydrogen (secondary N) is 2. The van der Waals surface area contributed by atoms with Crippen LogP contribution in [0.25, 0.3) is 0 Å². The summed E-state index contributed by atoms with van der Waals surface area (Å²) in [6.07, 6.45) is 2.64. The van der Waals surface area contributed by atoms with Gasteiger partial charge in [-0.05, 0) is 37.1 Å². The Morgan fingerprint density at radius 3 is 2.41 bits per heavy atom. The third-order valence-corrected chi connectivity index (χ3v) is 5.29. The number of H-pyrrole nitrogens is 1. The lowest BCUT2D eigenvalue weighted by Crippen LogP contribution is -2.47. The Hall–Kier alpha value is -1.54. The number of aromatic amines is 1. The fourth-order valence-corrected chi connectivity index (χ4v) is 3.78. The number of piperazine rings is 1. The molecule has 4 rings (SSSR count). The first-order valence-corrected chi connectivity index (χ1v) is 9.28. The van der Waals surface area contributed by atoms with Crippen LogP contribution in [0.2, 0.25) is 0 Å². The zero-order chi connectivity index (χ0) is 17.9. The summed E-state index contributed by atoms with van der Waals surface area (Å²) in [4.78, 5) is 16.6. The Kier molecular flexibility index (Phi) is 10.2. The minimum Gasteiger partial charge on any atom is -0.383 e. The number of fused-ring (bicyclic) bond motifs is 1. The summed E-state index contributed by atoms with van der Waals surface area (Å²) in [5.41, 5.74) is 3.77. The molecule has 0 amide bonds. The van der Waals surface area contributed by atoms with E-state index >= 15 is 0 Å². The highest BCUT2D eigenvalue weighted by Gasteiger charge is 2.20. The van der Waals surface area contributed by atoms with Gasteiger partial charge in [0.2, 0.25) is 0 Å². The van der Waals surface area contributed by atoms with Crippen molar-refractivity contribution in [1.29, 1.82) is 0 Å². The highest BCUT2D eigenvalue weighted by Crippen LogP contribution is 2.22. The molecule has 1 fully saturated rings. The standard InChI is InChI=1S/C19H24FN5O.3ClH/c20-14-3-5-15(6-4-14)25-12-10-24(11-13-25)9-7-17-18-16(2-1-8-21-18)19(26)23-22-17;;;/h3-6,21H,1-2,7-13H2,(H,23,26);3*1H. The fourth-order valence-electron chi connectivity index (χ4n) is 3.78. The Bertz CT molecular complexity index is 826. The molecule has 2 aliphatic heterocycles. The average molecular weight is 467 g/mol. The number of nitrogens with zero attached hydrogens (tertiary/aromatic N) is 3. The van der Waals surface area contributed by atoms with Crippen molar-refractivity contribution in [2.24, 2.45) is 0 Å². The second kappa shape index (κ2) is 11.6. The van der Waals surface area contributed by atoms with E-state index in [0.717, 1.165) is 81.2 Å². The van der Waals surface area contributed by atoms with E-state index in [2.05, 4.69) is 25.3 Å². The van der Waals surface area contributed by atoms with Gasteiger partial charge >= 0.3 is 0 Å². The van der Waals surface area contributed by atoms with Crippen LogP contribution in [0.1, 0.15) is 17.7 Å². The van der Waals surface area contributed by atoms with Crippen molar-refractivity contribution in [3.05, 3.63) is 51.7 Å². The minimum absolute atomic E-state index is 0. The Morgan fingerprint density at radius 2 is 1.72 bits per heavy atom. The summed E-state index contributed by atoms with van der Waals surface area (Å²) in [5.74, 6) is -0.197. The molecule has 29 heavy (non-hydrogen) atoms. The van der Waals surface area contributed by atoms with Crippen LogP contribution in [0.4, 0.5) is 15.8 Å². The van der Waals surface area contributed by atoms with E-state index in [4.69, 9.17) is 0 Å². The van der Waals surface area contributed by atoms with Gasteiger partial charge in [0.1, 0.15) is 5.82 Å². The smallest absolute Gasteiger partial charge is 0.269 e. The molecule has 6 nitrogen and oxygen atoms in total. The van der Waals surface area contributed by atoms with Gasteiger partial charge in [-0.25, -0.2) is 9.49 Å². The molecule has 0 radical (unpaired) electrons. The molecule has 3 heterocycles. The second-order valence-corrected chi connectivity index (χ2v) is 6.94. The van der Waals surface area contributed by atoms with Gasteiger partial charge in [0.15, 0.2) is 0 Å². The summed E-state index contributed by atoms with van der Waals surface area (Å²) < 4.78 is 13.1. The zero-order valence-electron chi connectivity index (χ0n) is 16.0. The van der Waals surface area contributed by atoms with E-state index in [1.807, 2.05) is 12.1 Å². The molecule has 0 aliphatic carbocycles. The van der Waals surface area contributed by atoms with Gasteiger partial charge in [0.05, 0.1) is 11.4 Å². The average Bonchev–Trinajstić information content (AvgIpc) is 2.69.